The van der Waals surface area contributed by atoms with Crippen molar-refractivity contribution in [2.75, 3.05) is 20.8 Å². The van der Waals surface area contributed by atoms with Crippen LogP contribution in [0.25, 0.3) is 0 Å². The summed E-state index contributed by atoms with van der Waals surface area (Å²) in [5.41, 5.74) is 0.813. The molecular formula is C15H23NO3. The standard InChI is InChI=1S/C15H23NO3/c1-4-5-8-11-16-14(15(17)19-3)12-9-6-7-10-13(12)18-2/h6-7,9-10,14,16H,4-5,8,11H2,1-3H3. The van der Waals surface area contributed by atoms with E-state index in [1.165, 1.54) is 7.11 Å². The van der Waals surface area contributed by atoms with Crippen molar-refractivity contribution >= 4 is 5.97 Å². The second kappa shape index (κ2) is 8.53. The van der Waals surface area contributed by atoms with E-state index in [0.717, 1.165) is 31.4 Å². The molecule has 0 fully saturated rings. The molecule has 1 rings (SSSR count). The Kier molecular flexibility index (Phi) is 6.97. The van der Waals surface area contributed by atoms with E-state index in [1.807, 2.05) is 24.3 Å². The molecular weight excluding hydrogens is 242 g/mol. The van der Waals surface area contributed by atoms with E-state index >= 15 is 0 Å². The molecule has 106 valence electrons. The van der Waals surface area contributed by atoms with E-state index in [9.17, 15) is 4.79 Å². The molecule has 0 aliphatic carbocycles. The van der Waals surface area contributed by atoms with Gasteiger partial charge < -0.3 is 14.8 Å². The van der Waals surface area contributed by atoms with Gasteiger partial charge >= 0.3 is 5.97 Å². The molecule has 0 aromatic heterocycles. The fraction of sp³-hybridized carbons (Fsp3) is 0.533. The summed E-state index contributed by atoms with van der Waals surface area (Å²) in [4.78, 5) is 11.9. The minimum atomic E-state index is -0.474. The first-order chi connectivity index (χ1) is 9.24. The van der Waals surface area contributed by atoms with Crippen LogP contribution in [0.2, 0.25) is 0 Å². The van der Waals surface area contributed by atoms with Gasteiger partial charge in [0.25, 0.3) is 0 Å². The first-order valence-corrected chi connectivity index (χ1v) is 6.68. The molecule has 19 heavy (non-hydrogen) atoms. The number of carbonyl (C=O) groups excluding carboxylic acids is 1. The van der Waals surface area contributed by atoms with Gasteiger partial charge in [0.05, 0.1) is 14.2 Å². The zero-order chi connectivity index (χ0) is 14.1. The largest absolute Gasteiger partial charge is 0.496 e. The molecule has 1 aromatic carbocycles. The first-order valence-electron chi connectivity index (χ1n) is 6.68. The summed E-state index contributed by atoms with van der Waals surface area (Å²) in [5.74, 6) is 0.405. The van der Waals surface area contributed by atoms with Crippen LogP contribution in [0.15, 0.2) is 24.3 Å². The Bertz CT molecular complexity index is 393. The van der Waals surface area contributed by atoms with Crippen LogP contribution in [-0.2, 0) is 9.53 Å². The SMILES string of the molecule is CCCCCNC(C(=O)OC)c1ccccc1OC. The second-order valence-corrected chi connectivity index (χ2v) is 4.36. The zero-order valence-electron chi connectivity index (χ0n) is 11.9. The molecule has 0 saturated carbocycles. The van der Waals surface area contributed by atoms with Crippen molar-refractivity contribution in [2.45, 2.75) is 32.2 Å². The minimum Gasteiger partial charge on any atom is -0.496 e. The minimum absolute atomic E-state index is 0.291. The third-order valence-corrected chi connectivity index (χ3v) is 3.02. The van der Waals surface area contributed by atoms with Gasteiger partial charge in [-0.3, -0.25) is 0 Å². The number of ether oxygens (including phenoxy) is 2. The summed E-state index contributed by atoms with van der Waals surface area (Å²) in [6.07, 6.45) is 3.34. The van der Waals surface area contributed by atoms with E-state index in [4.69, 9.17) is 9.47 Å². The van der Waals surface area contributed by atoms with E-state index < -0.39 is 6.04 Å². The number of hydrogen-bond donors (Lipinski definition) is 1. The maximum atomic E-state index is 11.9. The number of hydrogen-bond acceptors (Lipinski definition) is 4. The summed E-state index contributed by atoms with van der Waals surface area (Å²) < 4.78 is 10.2. The van der Waals surface area contributed by atoms with Crippen LogP contribution >= 0.6 is 0 Å². The first kappa shape index (κ1) is 15.5. The van der Waals surface area contributed by atoms with Crippen LogP contribution in [-0.4, -0.2) is 26.7 Å². The normalized spacial score (nSPS) is 11.9. The van der Waals surface area contributed by atoms with Crippen LogP contribution in [0.1, 0.15) is 37.8 Å². The Balaban J connectivity index is 2.81. The van der Waals surface area contributed by atoms with Gasteiger partial charge in [-0.15, -0.1) is 0 Å². The van der Waals surface area contributed by atoms with E-state index in [1.54, 1.807) is 7.11 Å². The van der Waals surface area contributed by atoms with Crippen LogP contribution < -0.4 is 10.1 Å². The smallest absolute Gasteiger partial charge is 0.327 e. The summed E-state index contributed by atoms with van der Waals surface area (Å²) in [6.45, 7) is 2.93. The van der Waals surface area contributed by atoms with Gasteiger partial charge in [-0.25, -0.2) is 4.79 Å². The fourth-order valence-corrected chi connectivity index (χ4v) is 1.96. The molecule has 1 atom stereocenters. The summed E-state index contributed by atoms with van der Waals surface area (Å²) in [7, 11) is 3.00. The van der Waals surface area contributed by atoms with E-state index in [-0.39, 0.29) is 5.97 Å². The van der Waals surface area contributed by atoms with Gasteiger partial charge in [-0.1, -0.05) is 38.0 Å². The molecule has 0 saturated heterocycles. The van der Waals surface area contributed by atoms with Crippen molar-refractivity contribution in [1.82, 2.24) is 5.32 Å². The van der Waals surface area contributed by atoms with Gasteiger partial charge in [-0.05, 0) is 19.0 Å². The summed E-state index contributed by atoms with van der Waals surface area (Å²) in [5, 5.41) is 3.24. The maximum absolute atomic E-state index is 11.9. The molecule has 1 aromatic rings. The predicted octanol–water partition coefficient (Wildman–Crippen LogP) is 2.69. The van der Waals surface area contributed by atoms with Crippen molar-refractivity contribution in [3.8, 4) is 5.75 Å². The van der Waals surface area contributed by atoms with Crippen LogP contribution in [0, 0.1) is 0 Å². The average molecular weight is 265 g/mol. The molecule has 0 bridgehead atoms. The van der Waals surface area contributed by atoms with Crippen molar-refractivity contribution in [1.29, 1.82) is 0 Å². The maximum Gasteiger partial charge on any atom is 0.327 e. The van der Waals surface area contributed by atoms with Crippen molar-refractivity contribution in [3.63, 3.8) is 0 Å². The third kappa shape index (κ3) is 4.56. The Morgan fingerprint density at radius 3 is 2.63 bits per heavy atom. The number of benzene rings is 1. The summed E-state index contributed by atoms with van der Waals surface area (Å²) >= 11 is 0. The zero-order valence-corrected chi connectivity index (χ0v) is 11.9. The molecule has 0 spiro atoms. The number of rotatable bonds is 8. The van der Waals surface area contributed by atoms with E-state index in [2.05, 4.69) is 12.2 Å². The summed E-state index contributed by atoms with van der Waals surface area (Å²) in [6, 6.07) is 7.03. The molecule has 0 aliphatic heterocycles. The molecule has 1 N–H and O–H groups in total. The number of carbonyl (C=O) groups is 1. The Morgan fingerprint density at radius 1 is 1.26 bits per heavy atom. The van der Waals surface area contributed by atoms with Gasteiger partial charge in [0.2, 0.25) is 0 Å². The van der Waals surface area contributed by atoms with Crippen molar-refractivity contribution in [2.24, 2.45) is 0 Å². The number of methoxy groups -OCH3 is 2. The molecule has 0 heterocycles. The monoisotopic (exact) mass is 265 g/mol. The molecule has 4 heteroatoms. The quantitative estimate of drug-likeness (QED) is 0.580. The lowest BCUT2D eigenvalue weighted by molar-refractivity contribution is -0.143. The van der Waals surface area contributed by atoms with Gasteiger partial charge in [0.1, 0.15) is 11.8 Å². The molecule has 1 unspecified atom stereocenters. The Hall–Kier alpha value is -1.55. The number of para-hydroxylation sites is 1. The lowest BCUT2D eigenvalue weighted by Gasteiger charge is -2.19. The highest BCUT2D eigenvalue weighted by Gasteiger charge is 2.23. The predicted molar refractivity (Wildman–Crippen MR) is 75.3 cm³/mol. The van der Waals surface area contributed by atoms with Gasteiger partial charge in [-0.2, -0.15) is 0 Å². The fourth-order valence-electron chi connectivity index (χ4n) is 1.96. The number of esters is 1. The van der Waals surface area contributed by atoms with Crippen LogP contribution in [0.3, 0.4) is 0 Å². The van der Waals surface area contributed by atoms with Crippen molar-refractivity contribution < 1.29 is 14.3 Å². The Labute approximate surface area is 115 Å². The lowest BCUT2D eigenvalue weighted by Crippen LogP contribution is -2.30. The third-order valence-electron chi connectivity index (χ3n) is 3.02. The van der Waals surface area contributed by atoms with E-state index in [0.29, 0.717) is 5.75 Å². The number of nitrogens with one attached hydrogen (secondary N) is 1. The van der Waals surface area contributed by atoms with Crippen molar-refractivity contribution in [3.05, 3.63) is 29.8 Å². The van der Waals surface area contributed by atoms with Gasteiger partial charge in [0.15, 0.2) is 0 Å². The Morgan fingerprint density at radius 2 is 2.00 bits per heavy atom. The topological polar surface area (TPSA) is 47.6 Å². The van der Waals surface area contributed by atoms with Crippen LogP contribution in [0.5, 0.6) is 5.75 Å². The average Bonchev–Trinajstić information content (AvgIpc) is 2.46. The highest BCUT2D eigenvalue weighted by Crippen LogP contribution is 2.25. The number of unbranched alkanes of at least 4 members (excludes halogenated alkanes) is 2. The lowest BCUT2D eigenvalue weighted by atomic mass is 10.1. The molecule has 0 aliphatic rings. The second-order valence-electron chi connectivity index (χ2n) is 4.36. The molecule has 4 nitrogen and oxygen atoms in total. The highest BCUT2D eigenvalue weighted by molar-refractivity contribution is 5.78. The molecule has 0 amide bonds. The molecule has 0 radical (unpaired) electrons. The van der Waals surface area contributed by atoms with Gasteiger partial charge in [0, 0.05) is 5.56 Å². The van der Waals surface area contributed by atoms with Crippen LogP contribution in [0.4, 0.5) is 0 Å². The highest BCUT2D eigenvalue weighted by atomic mass is 16.5.